The Morgan fingerprint density at radius 1 is 1.40 bits per heavy atom. The summed E-state index contributed by atoms with van der Waals surface area (Å²) < 4.78 is 10.5. The molecule has 1 N–H and O–H groups in total. The maximum atomic E-state index is 10.0. The molecule has 3 nitrogen and oxygen atoms in total. The molecule has 0 fully saturated rings. The molecule has 0 aliphatic carbocycles. The lowest BCUT2D eigenvalue weighted by Crippen LogP contribution is -1.96. The van der Waals surface area contributed by atoms with Crippen molar-refractivity contribution in [3.63, 3.8) is 0 Å². The molecule has 0 bridgehead atoms. The average molecular weight is 208 g/mol. The Labute approximate surface area is 89.6 Å². The molecule has 0 radical (unpaired) electrons. The van der Waals surface area contributed by atoms with Crippen molar-refractivity contribution in [1.29, 1.82) is 0 Å². The van der Waals surface area contributed by atoms with Crippen molar-refractivity contribution in [2.75, 3.05) is 6.79 Å². The van der Waals surface area contributed by atoms with Gasteiger partial charge in [0, 0.05) is 5.56 Å². The van der Waals surface area contributed by atoms with E-state index in [0.717, 1.165) is 17.5 Å². The van der Waals surface area contributed by atoms with E-state index < -0.39 is 0 Å². The van der Waals surface area contributed by atoms with Crippen LogP contribution in [0.15, 0.2) is 6.07 Å². The van der Waals surface area contributed by atoms with Crippen molar-refractivity contribution in [1.82, 2.24) is 0 Å². The number of aromatic hydroxyl groups is 1. The highest BCUT2D eigenvalue weighted by Gasteiger charge is 2.23. The molecular formula is C12H16O3. The van der Waals surface area contributed by atoms with E-state index in [1.54, 1.807) is 0 Å². The van der Waals surface area contributed by atoms with Gasteiger partial charge in [-0.15, -0.1) is 0 Å². The van der Waals surface area contributed by atoms with E-state index in [0.29, 0.717) is 17.4 Å². The van der Waals surface area contributed by atoms with Gasteiger partial charge in [-0.3, -0.25) is 0 Å². The van der Waals surface area contributed by atoms with Gasteiger partial charge in [-0.1, -0.05) is 20.8 Å². The van der Waals surface area contributed by atoms with Crippen molar-refractivity contribution < 1.29 is 14.6 Å². The number of fused-ring (bicyclic) bond motifs is 1. The van der Waals surface area contributed by atoms with Gasteiger partial charge in [0.05, 0.1) is 0 Å². The van der Waals surface area contributed by atoms with Crippen LogP contribution in [0.4, 0.5) is 0 Å². The molecule has 15 heavy (non-hydrogen) atoms. The van der Waals surface area contributed by atoms with Crippen LogP contribution in [0.3, 0.4) is 0 Å². The van der Waals surface area contributed by atoms with Crippen LogP contribution >= 0.6 is 0 Å². The minimum Gasteiger partial charge on any atom is -0.504 e. The van der Waals surface area contributed by atoms with E-state index in [-0.39, 0.29) is 12.5 Å². The maximum absolute atomic E-state index is 10.0. The molecular weight excluding hydrogens is 192 g/mol. The Bertz CT molecular complexity index is 383. The van der Waals surface area contributed by atoms with E-state index in [1.807, 2.05) is 13.0 Å². The number of phenols is 1. The minimum atomic E-state index is 0.202. The summed E-state index contributed by atoms with van der Waals surface area (Å²) in [4.78, 5) is 0. The first-order chi connectivity index (χ1) is 7.15. The molecule has 1 aromatic rings. The Morgan fingerprint density at radius 3 is 2.73 bits per heavy atom. The quantitative estimate of drug-likeness (QED) is 0.812. The Hall–Kier alpha value is -1.38. The molecule has 0 spiro atoms. The van der Waals surface area contributed by atoms with Crippen molar-refractivity contribution in [2.24, 2.45) is 0 Å². The van der Waals surface area contributed by atoms with Crippen molar-refractivity contribution in [3.8, 4) is 17.2 Å². The van der Waals surface area contributed by atoms with Gasteiger partial charge in [0.15, 0.2) is 11.5 Å². The lowest BCUT2D eigenvalue weighted by atomic mass is 9.94. The fourth-order valence-electron chi connectivity index (χ4n) is 1.97. The number of rotatable bonds is 2. The highest BCUT2D eigenvalue weighted by atomic mass is 16.7. The van der Waals surface area contributed by atoms with E-state index in [1.165, 1.54) is 0 Å². The first-order valence-corrected chi connectivity index (χ1v) is 5.29. The summed E-state index contributed by atoms with van der Waals surface area (Å²) in [5.41, 5.74) is 2.11. The molecule has 0 atom stereocenters. The van der Waals surface area contributed by atoms with Crippen LogP contribution in [0.25, 0.3) is 0 Å². The number of hydrogen-bond donors (Lipinski definition) is 1. The van der Waals surface area contributed by atoms with Crippen LogP contribution in [-0.2, 0) is 6.42 Å². The average Bonchev–Trinajstić information content (AvgIpc) is 2.65. The summed E-state index contributed by atoms with van der Waals surface area (Å²) >= 11 is 0. The second kappa shape index (κ2) is 3.65. The first kappa shape index (κ1) is 10.1. The van der Waals surface area contributed by atoms with Crippen molar-refractivity contribution in [3.05, 3.63) is 17.2 Å². The van der Waals surface area contributed by atoms with Crippen LogP contribution in [0, 0.1) is 0 Å². The summed E-state index contributed by atoms with van der Waals surface area (Å²) in [5, 5.41) is 10.0. The van der Waals surface area contributed by atoms with Gasteiger partial charge < -0.3 is 14.6 Å². The van der Waals surface area contributed by atoms with Gasteiger partial charge in [-0.05, 0) is 24.0 Å². The van der Waals surface area contributed by atoms with Crippen LogP contribution < -0.4 is 9.47 Å². The number of phenolic OH excluding ortho intramolecular Hbond substituents is 1. The normalized spacial score (nSPS) is 13.6. The molecule has 1 heterocycles. The predicted octanol–water partition coefficient (Wildman–Crippen LogP) is 2.81. The second-order valence-electron chi connectivity index (χ2n) is 4.03. The lowest BCUT2D eigenvalue weighted by molar-refractivity contribution is 0.171. The molecule has 0 amide bonds. The highest BCUT2D eigenvalue weighted by Crippen LogP contribution is 2.45. The second-order valence-corrected chi connectivity index (χ2v) is 4.03. The van der Waals surface area contributed by atoms with Gasteiger partial charge in [-0.25, -0.2) is 0 Å². The van der Waals surface area contributed by atoms with Gasteiger partial charge in [0.25, 0.3) is 0 Å². The molecule has 82 valence electrons. The third kappa shape index (κ3) is 1.52. The zero-order valence-corrected chi connectivity index (χ0v) is 9.33. The van der Waals surface area contributed by atoms with E-state index in [2.05, 4.69) is 13.8 Å². The molecule has 3 heteroatoms. The van der Waals surface area contributed by atoms with Gasteiger partial charge in [0.2, 0.25) is 12.5 Å². The van der Waals surface area contributed by atoms with Gasteiger partial charge in [-0.2, -0.15) is 0 Å². The minimum absolute atomic E-state index is 0.202. The van der Waals surface area contributed by atoms with Gasteiger partial charge >= 0.3 is 0 Å². The highest BCUT2D eigenvalue weighted by molar-refractivity contribution is 5.60. The number of hydrogen-bond acceptors (Lipinski definition) is 3. The third-order valence-electron chi connectivity index (χ3n) is 2.75. The van der Waals surface area contributed by atoms with Crippen molar-refractivity contribution in [2.45, 2.75) is 33.1 Å². The first-order valence-electron chi connectivity index (χ1n) is 5.29. The monoisotopic (exact) mass is 208 g/mol. The molecule has 1 aromatic carbocycles. The Morgan fingerprint density at radius 2 is 2.13 bits per heavy atom. The molecule has 1 aliphatic rings. The largest absolute Gasteiger partial charge is 0.504 e. The topological polar surface area (TPSA) is 38.7 Å². The zero-order valence-electron chi connectivity index (χ0n) is 9.33. The summed E-state index contributed by atoms with van der Waals surface area (Å²) in [6, 6.07) is 1.98. The van der Waals surface area contributed by atoms with Crippen LogP contribution in [0.2, 0.25) is 0 Å². The number of ether oxygens (including phenoxy) is 2. The molecule has 0 saturated heterocycles. The van der Waals surface area contributed by atoms with Crippen LogP contribution in [-0.4, -0.2) is 11.9 Å². The molecule has 0 saturated carbocycles. The van der Waals surface area contributed by atoms with Crippen LogP contribution in [0.1, 0.15) is 37.8 Å². The third-order valence-corrected chi connectivity index (χ3v) is 2.75. The van der Waals surface area contributed by atoms with Gasteiger partial charge in [0.1, 0.15) is 0 Å². The van der Waals surface area contributed by atoms with Crippen LogP contribution in [0.5, 0.6) is 17.2 Å². The summed E-state index contributed by atoms with van der Waals surface area (Å²) in [5.74, 6) is 1.78. The summed E-state index contributed by atoms with van der Waals surface area (Å²) in [6.45, 7) is 6.45. The van der Waals surface area contributed by atoms with E-state index in [9.17, 15) is 5.11 Å². The Kier molecular flexibility index (Phi) is 2.47. The lowest BCUT2D eigenvalue weighted by Gasteiger charge is -2.14. The summed E-state index contributed by atoms with van der Waals surface area (Å²) in [7, 11) is 0. The molecule has 0 unspecified atom stereocenters. The van der Waals surface area contributed by atoms with E-state index >= 15 is 0 Å². The SMILES string of the molecule is CCc1c(C(C)C)cc2c(c1O)OCO2. The smallest absolute Gasteiger partial charge is 0.231 e. The maximum Gasteiger partial charge on any atom is 0.231 e. The zero-order chi connectivity index (χ0) is 11.0. The molecule has 1 aliphatic heterocycles. The summed E-state index contributed by atoms with van der Waals surface area (Å²) in [6.07, 6.45) is 0.802. The Balaban J connectivity index is 2.61. The predicted molar refractivity (Wildman–Crippen MR) is 57.7 cm³/mol. The standard InChI is InChI=1S/C12H16O3/c1-4-8-9(7(2)3)5-10-12(11(8)13)15-6-14-10/h5,7,13H,4,6H2,1-3H3. The number of benzene rings is 1. The fraction of sp³-hybridized carbons (Fsp3) is 0.500. The fourth-order valence-corrected chi connectivity index (χ4v) is 1.97. The molecule has 0 aromatic heterocycles. The van der Waals surface area contributed by atoms with E-state index in [4.69, 9.17) is 9.47 Å². The van der Waals surface area contributed by atoms with Crippen molar-refractivity contribution >= 4 is 0 Å². The molecule has 2 rings (SSSR count).